The van der Waals surface area contributed by atoms with Gasteiger partial charge in [0.1, 0.15) is 12.2 Å². The second-order valence-corrected chi connectivity index (χ2v) is 6.29. The van der Waals surface area contributed by atoms with E-state index in [4.69, 9.17) is 21.3 Å². The van der Waals surface area contributed by atoms with Crippen molar-refractivity contribution in [1.29, 1.82) is 0 Å². The van der Waals surface area contributed by atoms with E-state index >= 15 is 0 Å². The van der Waals surface area contributed by atoms with Crippen LogP contribution in [0.5, 0.6) is 5.88 Å². The highest BCUT2D eigenvalue weighted by Crippen LogP contribution is 2.38. The molecule has 2 aromatic heterocycles. The van der Waals surface area contributed by atoms with Crippen LogP contribution in [0.4, 0.5) is 0 Å². The molecule has 21 heavy (non-hydrogen) atoms. The number of halogens is 1. The van der Waals surface area contributed by atoms with Crippen molar-refractivity contribution in [2.24, 2.45) is 0 Å². The molecule has 0 aliphatic heterocycles. The van der Waals surface area contributed by atoms with Crippen LogP contribution in [0, 0.1) is 0 Å². The van der Waals surface area contributed by atoms with Gasteiger partial charge in [0.15, 0.2) is 11.2 Å². The van der Waals surface area contributed by atoms with Gasteiger partial charge in [-0.15, -0.1) is 11.6 Å². The van der Waals surface area contributed by atoms with E-state index in [0.29, 0.717) is 11.8 Å². The molecule has 5 nitrogen and oxygen atoms in total. The SMILES string of the molecule is COc1ncnc2c1nc(CCCl)n2C1(C)CCCCC1. The van der Waals surface area contributed by atoms with E-state index in [1.54, 1.807) is 13.4 Å². The fraction of sp³-hybridized carbons (Fsp3) is 0.667. The van der Waals surface area contributed by atoms with Crippen molar-refractivity contribution in [3.63, 3.8) is 0 Å². The van der Waals surface area contributed by atoms with E-state index < -0.39 is 0 Å². The summed E-state index contributed by atoms with van der Waals surface area (Å²) in [4.78, 5) is 13.4. The number of nitrogens with zero attached hydrogens (tertiary/aromatic N) is 4. The number of hydrogen-bond acceptors (Lipinski definition) is 4. The molecule has 0 bridgehead atoms. The molecule has 0 atom stereocenters. The third-order valence-electron chi connectivity index (χ3n) is 4.46. The first-order valence-electron chi connectivity index (χ1n) is 7.52. The summed E-state index contributed by atoms with van der Waals surface area (Å²) < 4.78 is 7.62. The molecule has 0 unspecified atom stereocenters. The Kier molecular flexibility index (Phi) is 4.02. The molecule has 1 fully saturated rings. The second kappa shape index (κ2) is 5.79. The van der Waals surface area contributed by atoms with Gasteiger partial charge in [-0.25, -0.2) is 9.97 Å². The number of aryl methyl sites for hydroxylation is 1. The Bertz CT molecular complexity index is 634. The van der Waals surface area contributed by atoms with Crippen molar-refractivity contribution in [3.8, 4) is 5.88 Å². The Hall–Kier alpha value is -1.36. The Morgan fingerprint density at radius 2 is 2.05 bits per heavy atom. The lowest BCUT2D eigenvalue weighted by Crippen LogP contribution is -2.34. The van der Waals surface area contributed by atoms with Gasteiger partial charge in [0, 0.05) is 17.8 Å². The standard InChI is InChI=1S/C15H21ClN4O/c1-15(7-4-3-5-8-15)20-11(6-9-16)19-12-13(20)17-10-18-14(12)21-2/h10H,3-9H2,1-2H3. The van der Waals surface area contributed by atoms with Gasteiger partial charge >= 0.3 is 0 Å². The van der Waals surface area contributed by atoms with E-state index in [9.17, 15) is 0 Å². The fourth-order valence-electron chi connectivity index (χ4n) is 3.42. The number of aromatic nitrogens is 4. The topological polar surface area (TPSA) is 52.8 Å². The molecule has 1 saturated carbocycles. The number of imidazole rings is 1. The highest BCUT2D eigenvalue weighted by Gasteiger charge is 2.33. The van der Waals surface area contributed by atoms with Crippen LogP contribution in [0.2, 0.25) is 0 Å². The van der Waals surface area contributed by atoms with E-state index in [2.05, 4.69) is 21.5 Å². The van der Waals surface area contributed by atoms with Crippen LogP contribution in [-0.2, 0) is 12.0 Å². The lowest BCUT2D eigenvalue weighted by Gasteiger charge is -2.36. The average Bonchev–Trinajstić information content (AvgIpc) is 2.87. The lowest BCUT2D eigenvalue weighted by molar-refractivity contribution is 0.218. The van der Waals surface area contributed by atoms with Gasteiger partial charge in [-0.1, -0.05) is 19.3 Å². The van der Waals surface area contributed by atoms with Crippen LogP contribution >= 0.6 is 11.6 Å². The highest BCUT2D eigenvalue weighted by atomic mass is 35.5. The monoisotopic (exact) mass is 308 g/mol. The number of ether oxygens (including phenoxy) is 1. The van der Waals surface area contributed by atoms with Crippen molar-refractivity contribution in [1.82, 2.24) is 19.5 Å². The van der Waals surface area contributed by atoms with Crippen LogP contribution in [0.1, 0.15) is 44.9 Å². The molecule has 0 amide bonds. The Labute approximate surface area is 129 Å². The third kappa shape index (κ3) is 2.48. The summed E-state index contributed by atoms with van der Waals surface area (Å²) in [5.74, 6) is 2.08. The van der Waals surface area contributed by atoms with E-state index in [0.717, 1.165) is 36.3 Å². The van der Waals surface area contributed by atoms with Crippen LogP contribution in [-0.4, -0.2) is 32.5 Å². The minimum atomic E-state index is 0.0633. The first kappa shape index (κ1) is 14.6. The van der Waals surface area contributed by atoms with Crippen molar-refractivity contribution in [2.45, 2.75) is 51.0 Å². The molecule has 2 heterocycles. The van der Waals surface area contributed by atoms with Gasteiger partial charge in [-0.2, -0.15) is 4.98 Å². The second-order valence-electron chi connectivity index (χ2n) is 5.92. The number of fused-ring (bicyclic) bond motifs is 1. The molecule has 1 aliphatic rings. The summed E-state index contributed by atoms with van der Waals surface area (Å²) >= 11 is 5.97. The third-order valence-corrected chi connectivity index (χ3v) is 4.65. The molecule has 0 spiro atoms. The van der Waals surface area contributed by atoms with Gasteiger partial charge in [0.05, 0.1) is 7.11 Å². The summed E-state index contributed by atoms with van der Waals surface area (Å²) in [5.41, 5.74) is 1.67. The Morgan fingerprint density at radius 3 is 2.71 bits per heavy atom. The van der Waals surface area contributed by atoms with Gasteiger partial charge in [-0.3, -0.25) is 0 Å². The first-order valence-corrected chi connectivity index (χ1v) is 8.06. The molecule has 114 valence electrons. The van der Waals surface area contributed by atoms with Crippen LogP contribution in [0.3, 0.4) is 0 Å². The van der Waals surface area contributed by atoms with E-state index in [-0.39, 0.29) is 5.54 Å². The molecule has 1 aliphatic carbocycles. The fourth-order valence-corrected chi connectivity index (χ4v) is 3.59. The number of methoxy groups -OCH3 is 1. The van der Waals surface area contributed by atoms with Crippen molar-refractivity contribution in [2.75, 3.05) is 13.0 Å². The smallest absolute Gasteiger partial charge is 0.245 e. The summed E-state index contributed by atoms with van der Waals surface area (Å²) in [6.07, 6.45) is 8.40. The molecule has 0 saturated heterocycles. The summed E-state index contributed by atoms with van der Waals surface area (Å²) in [6.45, 7) is 2.31. The van der Waals surface area contributed by atoms with Crippen LogP contribution in [0.15, 0.2) is 6.33 Å². The van der Waals surface area contributed by atoms with Crippen molar-refractivity contribution in [3.05, 3.63) is 12.2 Å². The molecule has 3 rings (SSSR count). The van der Waals surface area contributed by atoms with Crippen LogP contribution in [0.25, 0.3) is 11.2 Å². The molecule has 2 aromatic rings. The predicted molar refractivity (Wildman–Crippen MR) is 83.0 cm³/mol. The summed E-state index contributed by atoms with van der Waals surface area (Å²) in [6, 6.07) is 0. The molecule has 0 N–H and O–H groups in total. The Morgan fingerprint density at radius 1 is 1.29 bits per heavy atom. The molecule has 0 radical (unpaired) electrons. The maximum atomic E-state index is 5.97. The van der Waals surface area contributed by atoms with Crippen molar-refractivity contribution >= 4 is 22.8 Å². The summed E-state index contributed by atoms with van der Waals surface area (Å²) in [5, 5.41) is 0. The zero-order valence-corrected chi connectivity index (χ0v) is 13.4. The quantitative estimate of drug-likeness (QED) is 0.813. The normalized spacial score (nSPS) is 18.0. The number of hydrogen-bond donors (Lipinski definition) is 0. The van der Waals surface area contributed by atoms with Gasteiger partial charge in [0.2, 0.25) is 5.88 Å². The number of alkyl halides is 1. The number of rotatable bonds is 4. The van der Waals surface area contributed by atoms with Gasteiger partial charge in [0.25, 0.3) is 0 Å². The van der Waals surface area contributed by atoms with Gasteiger partial charge in [-0.05, 0) is 19.8 Å². The molecular formula is C15H21ClN4O. The zero-order chi connectivity index (χ0) is 14.9. The largest absolute Gasteiger partial charge is 0.479 e. The predicted octanol–water partition coefficient (Wildman–Crippen LogP) is 3.30. The average molecular weight is 309 g/mol. The maximum absolute atomic E-state index is 5.97. The zero-order valence-electron chi connectivity index (χ0n) is 12.6. The maximum Gasteiger partial charge on any atom is 0.245 e. The van der Waals surface area contributed by atoms with Gasteiger partial charge < -0.3 is 9.30 Å². The van der Waals surface area contributed by atoms with E-state index in [1.807, 2.05) is 0 Å². The Balaban J connectivity index is 2.20. The highest BCUT2D eigenvalue weighted by molar-refractivity contribution is 6.17. The minimum absolute atomic E-state index is 0.0633. The van der Waals surface area contributed by atoms with Crippen LogP contribution < -0.4 is 4.74 Å². The van der Waals surface area contributed by atoms with Crippen molar-refractivity contribution < 1.29 is 4.74 Å². The lowest BCUT2D eigenvalue weighted by atomic mass is 9.83. The molecule has 0 aromatic carbocycles. The first-order chi connectivity index (χ1) is 10.2. The minimum Gasteiger partial charge on any atom is -0.479 e. The molecular weight excluding hydrogens is 288 g/mol. The molecule has 6 heteroatoms. The summed E-state index contributed by atoms with van der Waals surface area (Å²) in [7, 11) is 1.62. The van der Waals surface area contributed by atoms with E-state index in [1.165, 1.54) is 19.3 Å².